The van der Waals surface area contributed by atoms with Gasteiger partial charge in [0.25, 0.3) is 0 Å². The van der Waals surface area contributed by atoms with Gasteiger partial charge in [-0.25, -0.2) is 14.2 Å². The van der Waals surface area contributed by atoms with Gasteiger partial charge in [-0.05, 0) is 38.7 Å². The summed E-state index contributed by atoms with van der Waals surface area (Å²) < 4.78 is 28.2. The zero-order valence-electron chi connectivity index (χ0n) is 18.2. The van der Waals surface area contributed by atoms with Gasteiger partial charge in [-0.15, -0.1) is 0 Å². The van der Waals surface area contributed by atoms with E-state index in [4.69, 9.17) is 0 Å². The number of carbonyl (C=O) groups is 1. The van der Waals surface area contributed by atoms with Gasteiger partial charge in [-0.1, -0.05) is 0 Å². The molecule has 2 atom stereocenters. The molecule has 0 radical (unpaired) electrons. The minimum Gasteiger partial charge on any atom is -0.390 e. The number of amides is 1. The van der Waals surface area contributed by atoms with Crippen molar-refractivity contribution in [3.63, 3.8) is 0 Å². The fourth-order valence-corrected chi connectivity index (χ4v) is 5.74. The number of halogens is 2. The van der Waals surface area contributed by atoms with Gasteiger partial charge in [-0.2, -0.15) is 19.0 Å². The summed E-state index contributed by atoms with van der Waals surface area (Å²) in [5.41, 5.74) is 1.38. The summed E-state index contributed by atoms with van der Waals surface area (Å²) in [6, 6.07) is 2.13. The number of hydrogen-bond acceptors (Lipinski definition) is 6. The van der Waals surface area contributed by atoms with E-state index in [1.54, 1.807) is 17.6 Å². The first-order valence-corrected chi connectivity index (χ1v) is 11.2. The van der Waals surface area contributed by atoms with Crippen LogP contribution in [0.2, 0.25) is 0 Å². The maximum atomic E-state index is 13.1. The van der Waals surface area contributed by atoms with E-state index in [-0.39, 0.29) is 23.9 Å². The molecule has 9 nitrogen and oxygen atoms in total. The van der Waals surface area contributed by atoms with Crippen LogP contribution < -0.4 is 4.90 Å². The van der Waals surface area contributed by atoms with Crippen molar-refractivity contribution in [3.8, 4) is 11.1 Å². The number of aromatic nitrogens is 5. The third-order valence-electron chi connectivity index (χ3n) is 7.28. The number of piperazine rings is 1. The van der Waals surface area contributed by atoms with Gasteiger partial charge >= 0.3 is 6.55 Å². The molecule has 6 rings (SSSR count). The van der Waals surface area contributed by atoms with Crippen LogP contribution in [0.3, 0.4) is 0 Å². The molecule has 33 heavy (non-hydrogen) atoms. The predicted octanol–water partition coefficient (Wildman–Crippen LogP) is 2.33. The Morgan fingerprint density at radius 1 is 1.15 bits per heavy atom. The highest BCUT2D eigenvalue weighted by molar-refractivity contribution is 5.82. The van der Waals surface area contributed by atoms with E-state index in [1.165, 1.54) is 18.7 Å². The summed E-state index contributed by atoms with van der Waals surface area (Å²) in [7, 11) is 0. The standard InChI is InChI=1S/C22H25F2N7O2/c1-22(33)5-14(6-22)20(32)31-16-2-3-17(31)11-28(10-16)19-18-4-13(8-29(18)27-12-25-19)15-7-26-30(9-15)21(23)24/h4,7-9,12,14,16-17,21,33H,2-3,5-6,10-11H2,1H3. The minimum atomic E-state index is -2.69. The molecule has 3 fully saturated rings. The molecule has 3 aromatic heterocycles. The van der Waals surface area contributed by atoms with Crippen LogP contribution in [-0.2, 0) is 4.79 Å². The Balaban J connectivity index is 1.25. The topological polar surface area (TPSA) is 91.8 Å². The van der Waals surface area contributed by atoms with Crippen LogP contribution >= 0.6 is 0 Å². The number of rotatable bonds is 4. The summed E-state index contributed by atoms with van der Waals surface area (Å²) in [6.45, 7) is 0.462. The lowest BCUT2D eigenvalue weighted by atomic mass is 9.71. The predicted molar refractivity (Wildman–Crippen MR) is 115 cm³/mol. The molecule has 1 aliphatic carbocycles. The number of anilines is 1. The van der Waals surface area contributed by atoms with E-state index in [1.807, 2.05) is 6.07 Å². The average molecular weight is 457 g/mol. The Bertz CT molecular complexity index is 1200. The molecular weight excluding hydrogens is 432 g/mol. The monoisotopic (exact) mass is 457 g/mol. The molecule has 5 heterocycles. The molecule has 174 valence electrons. The van der Waals surface area contributed by atoms with Crippen LogP contribution in [0.1, 0.15) is 39.2 Å². The summed E-state index contributed by atoms with van der Waals surface area (Å²) in [6.07, 6.45) is 8.98. The molecule has 2 bridgehead atoms. The van der Waals surface area contributed by atoms with E-state index in [0.29, 0.717) is 36.2 Å². The van der Waals surface area contributed by atoms with Gasteiger partial charge in [0.1, 0.15) is 11.8 Å². The van der Waals surface area contributed by atoms with Crippen molar-refractivity contribution in [1.82, 2.24) is 29.3 Å². The highest BCUT2D eigenvalue weighted by Crippen LogP contribution is 2.42. The number of aliphatic hydroxyl groups is 1. The summed E-state index contributed by atoms with van der Waals surface area (Å²) >= 11 is 0. The number of hydrogen-bond donors (Lipinski definition) is 1. The van der Waals surface area contributed by atoms with Crippen LogP contribution in [0, 0.1) is 5.92 Å². The molecular formula is C22H25F2N7O2. The molecule has 0 aromatic carbocycles. The van der Waals surface area contributed by atoms with Gasteiger partial charge in [0, 0.05) is 54.6 Å². The van der Waals surface area contributed by atoms with E-state index in [2.05, 4.69) is 25.0 Å². The van der Waals surface area contributed by atoms with Crippen molar-refractivity contribution in [2.24, 2.45) is 5.92 Å². The number of alkyl halides is 2. The van der Waals surface area contributed by atoms with Crippen LogP contribution in [0.15, 0.2) is 31.0 Å². The Hall–Kier alpha value is -3.08. The minimum absolute atomic E-state index is 0.0808. The zero-order chi connectivity index (χ0) is 22.9. The van der Waals surface area contributed by atoms with Gasteiger partial charge in [-0.3, -0.25) is 4.79 Å². The summed E-state index contributed by atoms with van der Waals surface area (Å²) in [5.74, 6) is 0.860. The normalized spacial score (nSPS) is 29.2. The van der Waals surface area contributed by atoms with Crippen molar-refractivity contribution in [2.45, 2.75) is 56.8 Å². The van der Waals surface area contributed by atoms with Crippen LogP contribution in [0.4, 0.5) is 14.6 Å². The zero-order valence-corrected chi connectivity index (χ0v) is 18.2. The Morgan fingerprint density at radius 2 is 1.88 bits per heavy atom. The summed E-state index contributed by atoms with van der Waals surface area (Å²) in [4.78, 5) is 21.9. The second-order valence-electron chi connectivity index (χ2n) is 9.77. The fraction of sp³-hybridized carbons (Fsp3) is 0.545. The first kappa shape index (κ1) is 20.5. The van der Waals surface area contributed by atoms with E-state index in [0.717, 1.165) is 29.7 Å². The highest BCUT2D eigenvalue weighted by Gasteiger charge is 2.50. The molecule has 11 heteroatoms. The molecule has 2 aliphatic heterocycles. The van der Waals surface area contributed by atoms with Gasteiger partial charge in [0.2, 0.25) is 5.91 Å². The van der Waals surface area contributed by atoms with E-state index < -0.39 is 12.2 Å². The lowest BCUT2D eigenvalue weighted by Gasteiger charge is -2.47. The molecule has 1 N–H and O–H groups in total. The average Bonchev–Trinajstić information content (AvgIpc) is 3.46. The van der Waals surface area contributed by atoms with E-state index >= 15 is 0 Å². The second-order valence-corrected chi connectivity index (χ2v) is 9.77. The second kappa shape index (κ2) is 7.21. The highest BCUT2D eigenvalue weighted by atomic mass is 19.3. The quantitative estimate of drug-likeness (QED) is 0.647. The van der Waals surface area contributed by atoms with Crippen molar-refractivity contribution < 1.29 is 18.7 Å². The first-order chi connectivity index (χ1) is 15.8. The van der Waals surface area contributed by atoms with Crippen LogP contribution in [-0.4, -0.2) is 71.1 Å². The third-order valence-corrected chi connectivity index (χ3v) is 7.28. The Morgan fingerprint density at radius 3 is 2.52 bits per heavy atom. The van der Waals surface area contributed by atoms with E-state index in [9.17, 15) is 18.7 Å². The van der Waals surface area contributed by atoms with Crippen molar-refractivity contribution >= 4 is 17.2 Å². The van der Waals surface area contributed by atoms with Crippen LogP contribution in [0.5, 0.6) is 0 Å². The molecule has 2 saturated heterocycles. The maximum absolute atomic E-state index is 13.1. The Labute approximate surface area is 188 Å². The molecule has 3 aliphatic rings. The smallest absolute Gasteiger partial charge is 0.333 e. The van der Waals surface area contributed by atoms with Crippen LogP contribution in [0.25, 0.3) is 16.6 Å². The number of fused-ring (bicyclic) bond motifs is 3. The fourth-order valence-electron chi connectivity index (χ4n) is 5.74. The summed E-state index contributed by atoms with van der Waals surface area (Å²) in [5, 5.41) is 18.1. The lowest BCUT2D eigenvalue weighted by molar-refractivity contribution is -0.153. The largest absolute Gasteiger partial charge is 0.390 e. The van der Waals surface area contributed by atoms with Gasteiger partial charge < -0.3 is 14.9 Å². The molecule has 1 saturated carbocycles. The van der Waals surface area contributed by atoms with Crippen molar-refractivity contribution in [1.29, 1.82) is 0 Å². The first-order valence-electron chi connectivity index (χ1n) is 11.2. The Kier molecular flexibility index (Phi) is 4.48. The van der Waals surface area contributed by atoms with Crippen molar-refractivity contribution in [2.75, 3.05) is 18.0 Å². The maximum Gasteiger partial charge on any atom is 0.333 e. The lowest BCUT2D eigenvalue weighted by Crippen LogP contribution is -2.60. The molecule has 0 spiro atoms. The molecule has 2 unspecified atom stereocenters. The van der Waals surface area contributed by atoms with Crippen molar-refractivity contribution in [3.05, 3.63) is 31.0 Å². The number of carbonyl (C=O) groups excluding carboxylic acids is 1. The number of nitrogens with zero attached hydrogens (tertiary/aromatic N) is 7. The van der Waals surface area contributed by atoms with Gasteiger partial charge in [0.05, 0.1) is 11.8 Å². The molecule has 3 aromatic rings. The third kappa shape index (κ3) is 3.36. The SMILES string of the molecule is CC1(O)CC(C(=O)N2C3CCC2CN(c2ncnn4cc(-c5cnn(C(F)F)c5)cc24)C3)C1. The molecule has 1 amide bonds. The van der Waals surface area contributed by atoms with Gasteiger partial charge in [0.15, 0.2) is 5.82 Å².